The average molecular weight is 307 g/mol. The van der Waals surface area contributed by atoms with E-state index >= 15 is 0 Å². The minimum absolute atomic E-state index is 0.255. The van der Waals surface area contributed by atoms with Gasteiger partial charge in [0.25, 0.3) is 0 Å². The predicted molar refractivity (Wildman–Crippen MR) is 85.0 cm³/mol. The van der Waals surface area contributed by atoms with E-state index < -0.39 is 0 Å². The summed E-state index contributed by atoms with van der Waals surface area (Å²) >= 11 is 0. The van der Waals surface area contributed by atoms with Crippen molar-refractivity contribution in [2.45, 2.75) is 0 Å². The van der Waals surface area contributed by atoms with Crippen LogP contribution in [0.5, 0.6) is 5.75 Å². The standard InChI is InChI=1S/C15H13N7O/c1-23-13-4-9(17)2-3-11(13)12-5-14(22-21-12)20-15-8-18-10(6-16)7-19-15/h2-5,7-8H,17H2,1H3,(H2,19,20,21,22). The zero-order valence-electron chi connectivity index (χ0n) is 12.2. The second-order valence-corrected chi connectivity index (χ2v) is 4.65. The Morgan fingerprint density at radius 3 is 2.78 bits per heavy atom. The molecular formula is C15H13N7O. The largest absolute Gasteiger partial charge is 0.496 e. The van der Waals surface area contributed by atoms with Crippen molar-refractivity contribution < 1.29 is 4.74 Å². The molecule has 0 radical (unpaired) electrons. The Morgan fingerprint density at radius 1 is 1.22 bits per heavy atom. The summed E-state index contributed by atoms with van der Waals surface area (Å²) in [7, 11) is 1.58. The quantitative estimate of drug-likeness (QED) is 0.630. The van der Waals surface area contributed by atoms with Crippen LogP contribution < -0.4 is 15.8 Å². The van der Waals surface area contributed by atoms with Crippen LogP contribution in [0, 0.1) is 11.3 Å². The molecule has 1 aromatic carbocycles. The number of hydrogen-bond donors (Lipinski definition) is 3. The Bertz CT molecular complexity index is 864. The fourth-order valence-corrected chi connectivity index (χ4v) is 2.04. The van der Waals surface area contributed by atoms with Gasteiger partial charge in [0.2, 0.25) is 0 Å². The molecule has 23 heavy (non-hydrogen) atoms. The van der Waals surface area contributed by atoms with Gasteiger partial charge in [-0.25, -0.2) is 9.97 Å². The highest BCUT2D eigenvalue weighted by atomic mass is 16.5. The lowest BCUT2D eigenvalue weighted by Gasteiger charge is -2.07. The van der Waals surface area contributed by atoms with E-state index in [9.17, 15) is 0 Å². The van der Waals surface area contributed by atoms with Gasteiger partial charge in [-0.1, -0.05) is 0 Å². The van der Waals surface area contributed by atoms with Crippen LogP contribution in [0.4, 0.5) is 17.3 Å². The highest BCUT2D eigenvalue weighted by Crippen LogP contribution is 2.31. The number of benzene rings is 1. The number of aromatic nitrogens is 4. The molecule has 2 aromatic heterocycles. The summed E-state index contributed by atoms with van der Waals surface area (Å²) in [4.78, 5) is 8.02. The predicted octanol–water partition coefficient (Wildman–Crippen LogP) is 2.07. The Kier molecular flexibility index (Phi) is 3.76. The molecule has 0 fully saturated rings. The van der Waals surface area contributed by atoms with Crippen molar-refractivity contribution in [2.24, 2.45) is 0 Å². The number of nitrogens with one attached hydrogen (secondary N) is 2. The van der Waals surface area contributed by atoms with Crippen molar-refractivity contribution in [3.8, 4) is 23.1 Å². The fourth-order valence-electron chi connectivity index (χ4n) is 2.04. The van der Waals surface area contributed by atoms with Crippen LogP contribution in [0.25, 0.3) is 11.3 Å². The van der Waals surface area contributed by atoms with E-state index in [-0.39, 0.29) is 5.69 Å². The minimum atomic E-state index is 0.255. The Morgan fingerprint density at radius 2 is 2.09 bits per heavy atom. The molecule has 0 spiro atoms. The molecule has 0 aliphatic heterocycles. The van der Waals surface area contributed by atoms with E-state index in [1.54, 1.807) is 19.2 Å². The van der Waals surface area contributed by atoms with Gasteiger partial charge in [-0.3, -0.25) is 5.10 Å². The maximum Gasteiger partial charge on any atom is 0.158 e. The summed E-state index contributed by atoms with van der Waals surface area (Å²) in [6, 6.07) is 9.12. The molecule has 0 aliphatic rings. The number of methoxy groups -OCH3 is 1. The van der Waals surface area contributed by atoms with Crippen LogP contribution in [0.2, 0.25) is 0 Å². The Labute approximate surface area is 132 Å². The van der Waals surface area contributed by atoms with E-state index in [1.807, 2.05) is 18.2 Å². The minimum Gasteiger partial charge on any atom is -0.496 e. The van der Waals surface area contributed by atoms with E-state index in [2.05, 4.69) is 25.5 Å². The SMILES string of the molecule is COc1cc(N)ccc1-c1cc(Nc2cnc(C#N)cn2)n[nH]1. The topological polar surface area (TPSA) is 126 Å². The van der Waals surface area contributed by atoms with Gasteiger partial charge in [0.1, 0.15) is 17.6 Å². The highest BCUT2D eigenvalue weighted by molar-refractivity contribution is 5.72. The number of nitrogens with zero attached hydrogens (tertiary/aromatic N) is 4. The normalized spacial score (nSPS) is 10.1. The molecule has 0 atom stereocenters. The van der Waals surface area contributed by atoms with E-state index in [4.69, 9.17) is 15.7 Å². The molecule has 3 rings (SSSR count). The molecule has 114 valence electrons. The number of nitrogens with two attached hydrogens (primary N) is 1. The number of nitrogen functional groups attached to an aromatic ring is 1. The molecule has 2 heterocycles. The summed E-state index contributed by atoms with van der Waals surface area (Å²) in [5, 5.41) is 18.8. The van der Waals surface area contributed by atoms with Gasteiger partial charge in [-0.15, -0.1) is 0 Å². The van der Waals surface area contributed by atoms with Gasteiger partial charge in [0.15, 0.2) is 11.5 Å². The monoisotopic (exact) mass is 307 g/mol. The molecule has 4 N–H and O–H groups in total. The third kappa shape index (κ3) is 3.03. The fraction of sp³-hybridized carbons (Fsp3) is 0.0667. The summed E-state index contributed by atoms with van der Waals surface area (Å²) in [6.45, 7) is 0. The molecular weight excluding hydrogens is 294 g/mol. The number of rotatable bonds is 4. The number of ether oxygens (including phenoxy) is 1. The molecule has 0 bridgehead atoms. The van der Waals surface area contributed by atoms with Crippen LogP contribution in [0.15, 0.2) is 36.7 Å². The van der Waals surface area contributed by atoms with Crippen LogP contribution in [-0.4, -0.2) is 27.3 Å². The first-order valence-electron chi connectivity index (χ1n) is 6.68. The van der Waals surface area contributed by atoms with Crippen LogP contribution >= 0.6 is 0 Å². The van der Waals surface area contributed by atoms with Crippen LogP contribution in [0.3, 0.4) is 0 Å². The van der Waals surface area contributed by atoms with Gasteiger partial charge >= 0.3 is 0 Å². The first-order chi connectivity index (χ1) is 11.2. The molecule has 0 unspecified atom stereocenters. The first kappa shape index (κ1) is 14.3. The summed E-state index contributed by atoms with van der Waals surface area (Å²) in [6.07, 6.45) is 2.86. The van der Waals surface area contributed by atoms with Crippen molar-refractivity contribution >= 4 is 17.3 Å². The Hall–Kier alpha value is -3.60. The van der Waals surface area contributed by atoms with Crippen molar-refractivity contribution in [1.29, 1.82) is 5.26 Å². The first-order valence-corrected chi connectivity index (χ1v) is 6.68. The van der Waals surface area contributed by atoms with Crippen molar-refractivity contribution in [3.05, 3.63) is 42.4 Å². The van der Waals surface area contributed by atoms with Gasteiger partial charge in [0, 0.05) is 23.4 Å². The summed E-state index contributed by atoms with van der Waals surface area (Å²) < 4.78 is 5.33. The molecule has 0 aliphatic carbocycles. The van der Waals surface area contributed by atoms with Gasteiger partial charge < -0.3 is 15.8 Å². The number of hydrogen-bond acceptors (Lipinski definition) is 7. The lowest BCUT2D eigenvalue weighted by molar-refractivity contribution is 0.416. The highest BCUT2D eigenvalue weighted by Gasteiger charge is 2.10. The smallest absolute Gasteiger partial charge is 0.158 e. The van der Waals surface area contributed by atoms with E-state index in [0.29, 0.717) is 23.1 Å². The molecule has 0 saturated heterocycles. The third-order valence-corrected chi connectivity index (χ3v) is 3.12. The van der Waals surface area contributed by atoms with Crippen LogP contribution in [0.1, 0.15) is 5.69 Å². The Balaban J connectivity index is 1.84. The van der Waals surface area contributed by atoms with E-state index in [1.165, 1.54) is 12.4 Å². The number of anilines is 3. The molecule has 8 heteroatoms. The third-order valence-electron chi connectivity index (χ3n) is 3.12. The second kappa shape index (κ2) is 6.03. The number of nitriles is 1. The van der Waals surface area contributed by atoms with Crippen LogP contribution in [-0.2, 0) is 0 Å². The van der Waals surface area contributed by atoms with Crippen molar-refractivity contribution in [3.63, 3.8) is 0 Å². The molecule has 3 aromatic rings. The molecule has 0 amide bonds. The number of H-pyrrole nitrogens is 1. The van der Waals surface area contributed by atoms with Crippen molar-refractivity contribution in [1.82, 2.24) is 20.2 Å². The lowest BCUT2D eigenvalue weighted by Crippen LogP contribution is -1.95. The lowest BCUT2D eigenvalue weighted by atomic mass is 10.1. The zero-order valence-corrected chi connectivity index (χ0v) is 12.2. The molecule has 8 nitrogen and oxygen atoms in total. The molecule has 0 saturated carbocycles. The van der Waals surface area contributed by atoms with E-state index in [0.717, 1.165) is 11.3 Å². The average Bonchev–Trinajstić information content (AvgIpc) is 3.03. The number of aromatic amines is 1. The maximum absolute atomic E-state index is 8.71. The summed E-state index contributed by atoms with van der Waals surface area (Å²) in [5.41, 5.74) is 8.24. The second-order valence-electron chi connectivity index (χ2n) is 4.65. The maximum atomic E-state index is 8.71. The van der Waals surface area contributed by atoms with Gasteiger partial charge in [-0.05, 0) is 12.1 Å². The summed E-state index contributed by atoms with van der Waals surface area (Å²) in [5.74, 6) is 1.71. The van der Waals surface area contributed by atoms with Gasteiger partial charge in [-0.2, -0.15) is 10.4 Å². The van der Waals surface area contributed by atoms with Crippen molar-refractivity contribution in [2.75, 3.05) is 18.2 Å². The zero-order chi connectivity index (χ0) is 16.2. The van der Waals surface area contributed by atoms with Gasteiger partial charge in [0.05, 0.1) is 25.2 Å².